The summed E-state index contributed by atoms with van der Waals surface area (Å²) in [6, 6.07) is 20.5. The van der Waals surface area contributed by atoms with Gasteiger partial charge in [-0.2, -0.15) is 0 Å². The van der Waals surface area contributed by atoms with Crippen LogP contribution < -0.4 is 4.90 Å². The Morgan fingerprint density at radius 3 is 2.49 bits per heavy atom. The molecule has 1 unspecified atom stereocenters. The predicted molar refractivity (Wildman–Crippen MR) is 134 cm³/mol. The zero-order chi connectivity index (χ0) is 24.7. The molecule has 1 N–H and O–H groups in total. The Kier molecular flexibility index (Phi) is 5.96. The van der Waals surface area contributed by atoms with Crippen molar-refractivity contribution in [3.63, 3.8) is 0 Å². The second kappa shape index (κ2) is 9.09. The first kappa shape index (κ1) is 23.0. The van der Waals surface area contributed by atoms with Crippen LogP contribution in [0.5, 0.6) is 0 Å². The molecular weight excluding hydrogens is 487 g/mol. The summed E-state index contributed by atoms with van der Waals surface area (Å²) in [5.74, 6) is -2.72. The normalized spacial score (nSPS) is 15.7. The first-order valence-corrected chi connectivity index (χ1v) is 11.9. The highest BCUT2D eigenvalue weighted by Crippen LogP contribution is 2.44. The van der Waals surface area contributed by atoms with Gasteiger partial charge in [-0.05, 0) is 31.2 Å². The Hall–Kier alpha value is -3.81. The van der Waals surface area contributed by atoms with Crippen molar-refractivity contribution in [1.29, 1.82) is 0 Å². The topological polar surface area (TPSA) is 70.5 Å². The molecule has 0 radical (unpaired) electrons. The van der Waals surface area contributed by atoms with Crippen LogP contribution in [0, 0.1) is 12.7 Å². The number of anilines is 1. The van der Waals surface area contributed by atoms with Crippen molar-refractivity contribution in [3.8, 4) is 10.6 Å². The third-order valence-corrected chi connectivity index (χ3v) is 7.20. The summed E-state index contributed by atoms with van der Waals surface area (Å²) < 4.78 is 15.0. The van der Waals surface area contributed by atoms with Crippen LogP contribution in [-0.4, -0.2) is 21.8 Å². The number of aliphatic hydroxyl groups excluding tert-OH is 1. The Bertz CT molecular complexity index is 1500. The Balaban J connectivity index is 1.66. The molecule has 8 heteroatoms. The fourth-order valence-electron chi connectivity index (χ4n) is 4.15. The summed E-state index contributed by atoms with van der Waals surface area (Å²) in [6.07, 6.45) is 0. The highest BCUT2D eigenvalue weighted by Gasteiger charge is 2.46. The summed E-state index contributed by atoms with van der Waals surface area (Å²) in [7, 11) is 0. The number of Topliss-reactive ketones (excluding diaryl/α,β-unsaturated/α-hetero) is 1. The van der Waals surface area contributed by atoms with Crippen molar-refractivity contribution in [2.75, 3.05) is 4.90 Å². The third-order valence-electron chi connectivity index (χ3n) is 5.76. The molecule has 5 nitrogen and oxygen atoms in total. The number of carbonyl (C=O) groups is 2. The van der Waals surface area contributed by atoms with E-state index in [4.69, 9.17) is 11.6 Å². The van der Waals surface area contributed by atoms with Crippen LogP contribution in [0.15, 0.2) is 90.2 Å². The van der Waals surface area contributed by atoms with Gasteiger partial charge in [0.05, 0.1) is 22.2 Å². The minimum atomic E-state index is -1.18. The minimum Gasteiger partial charge on any atom is -0.503 e. The zero-order valence-electron chi connectivity index (χ0n) is 18.4. The second-order valence-electron chi connectivity index (χ2n) is 7.97. The lowest BCUT2D eigenvalue weighted by Crippen LogP contribution is -2.31. The van der Waals surface area contributed by atoms with Crippen LogP contribution in [0.25, 0.3) is 10.6 Å². The fraction of sp³-hybridized carbons (Fsp3) is 0.0741. The maximum atomic E-state index is 15.0. The third kappa shape index (κ3) is 4.03. The number of benzene rings is 3. The number of thiazole rings is 1. The number of hydrogen-bond donors (Lipinski definition) is 1. The van der Waals surface area contributed by atoms with E-state index in [-0.39, 0.29) is 16.0 Å². The van der Waals surface area contributed by atoms with Gasteiger partial charge in [0.1, 0.15) is 10.8 Å². The smallest absolute Gasteiger partial charge is 0.294 e. The van der Waals surface area contributed by atoms with E-state index in [9.17, 15) is 14.7 Å². The van der Waals surface area contributed by atoms with Gasteiger partial charge in [0.15, 0.2) is 5.76 Å². The van der Waals surface area contributed by atoms with Crippen molar-refractivity contribution < 1.29 is 19.1 Å². The SMILES string of the molecule is Cc1nc(-c2ccccc2)sc1C(=O)C1=C(O)C(=O)N(c2cccc(Cl)c2)C1c1ccccc1F. The first-order chi connectivity index (χ1) is 16.9. The minimum absolute atomic E-state index is 0.0821. The van der Waals surface area contributed by atoms with E-state index in [2.05, 4.69) is 4.98 Å². The molecule has 35 heavy (non-hydrogen) atoms. The lowest BCUT2D eigenvalue weighted by Gasteiger charge is -2.27. The van der Waals surface area contributed by atoms with Crippen molar-refractivity contribution in [3.05, 3.63) is 117 Å². The molecule has 0 saturated heterocycles. The lowest BCUT2D eigenvalue weighted by molar-refractivity contribution is -0.117. The van der Waals surface area contributed by atoms with E-state index >= 15 is 4.39 Å². The highest BCUT2D eigenvalue weighted by molar-refractivity contribution is 7.17. The number of rotatable bonds is 5. The maximum Gasteiger partial charge on any atom is 0.294 e. The molecule has 1 aliphatic rings. The molecule has 5 rings (SSSR count). The van der Waals surface area contributed by atoms with Gasteiger partial charge in [0, 0.05) is 21.8 Å². The molecule has 1 atom stereocenters. The number of aryl methyl sites for hydroxylation is 1. The Morgan fingerprint density at radius 1 is 1.06 bits per heavy atom. The van der Waals surface area contributed by atoms with Crippen LogP contribution in [-0.2, 0) is 4.79 Å². The number of nitrogens with zero attached hydrogens (tertiary/aromatic N) is 2. The van der Waals surface area contributed by atoms with Crippen molar-refractivity contribution in [2.45, 2.75) is 13.0 Å². The number of hydrogen-bond acceptors (Lipinski definition) is 5. The molecule has 1 aliphatic heterocycles. The predicted octanol–water partition coefficient (Wildman–Crippen LogP) is 6.69. The molecule has 0 spiro atoms. The van der Waals surface area contributed by atoms with E-state index in [1.807, 2.05) is 30.3 Å². The fourth-order valence-corrected chi connectivity index (χ4v) is 5.36. The Labute approximate surface area is 209 Å². The lowest BCUT2D eigenvalue weighted by atomic mass is 9.94. The molecular formula is C27H18ClFN2O3S. The van der Waals surface area contributed by atoms with Crippen molar-refractivity contribution in [2.24, 2.45) is 0 Å². The summed E-state index contributed by atoms with van der Waals surface area (Å²) in [6.45, 7) is 1.69. The molecule has 1 amide bonds. The van der Waals surface area contributed by atoms with Gasteiger partial charge < -0.3 is 5.11 Å². The summed E-state index contributed by atoms with van der Waals surface area (Å²) in [5, 5.41) is 11.9. The first-order valence-electron chi connectivity index (χ1n) is 10.7. The molecule has 2 heterocycles. The van der Waals surface area contributed by atoms with Gasteiger partial charge in [-0.15, -0.1) is 11.3 Å². The highest BCUT2D eigenvalue weighted by atomic mass is 35.5. The van der Waals surface area contributed by atoms with Crippen LogP contribution >= 0.6 is 22.9 Å². The van der Waals surface area contributed by atoms with Gasteiger partial charge in [0.2, 0.25) is 5.78 Å². The van der Waals surface area contributed by atoms with Crippen LogP contribution in [0.1, 0.15) is 27.0 Å². The van der Waals surface area contributed by atoms with Crippen LogP contribution in [0.2, 0.25) is 5.02 Å². The van der Waals surface area contributed by atoms with E-state index in [1.165, 1.54) is 29.2 Å². The second-order valence-corrected chi connectivity index (χ2v) is 9.41. The zero-order valence-corrected chi connectivity index (χ0v) is 20.0. The number of halogens is 2. The Morgan fingerprint density at radius 2 is 1.77 bits per heavy atom. The van der Waals surface area contributed by atoms with Gasteiger partial charge in [-0.25, -0.2) is 9.37 Å². The average Bonchev–Trinajstić information content (AvgIpc) is 3.37. The van der Waals surface area contributed by atoms with Gasteiger partial charge in [-0.1, -0.05) is 66.2 Å². The molecule has 174 valence electrons. The number of ketones is 1. The quantitative estimate of drug-likeness (QED) is 0.307. The number of aliphatic hydroxyl groups is 1. The molecule has 1 aromatic heterocycles. The largest absolute Gasteiger partial charge is 0.503 e. The van der Waals surface area contributed by atoms with E-state index in [1.54, 1.807) is 31.2 Å². The summed E-state index contributed by atoms with van der Waals surface area (Å²) >= 11 is 7.31. The van der Waals surface area contributed by atoms with Crippen molar-refractivity contribution >= 4 is 40.3 Å². The van der Waals surface area contributed by atoms with Gasteiger partial charge in [-0.3, -0.25) is 14.5 Å². The molecule has 0 bridgehead atoms. The van der Waals surface area contributed by atoms with Gasteiger partial charge in [0.25, 0.3) is 5.91 Å². The van der Waals surface area contributed by atoms with Crippen molar-refractivity contribution in [1.82, 2.24) is 4.98 Å². The number of amides is 1. The number of aromatic nitrogens is 1. The average molecular weight is 505 g/mol. The van der Waals surface area contributed by atoms with E-state index in [0.29, 0.717) is 21.4 Å². The molecule has 3 aromatic carbocycles. The molecule has 0 saturated carbocycles. The monoisotopic (exact) mass is 504 g/mol. The van der Waals surface area contributed by atoms with Gasteiger partial charge >= 0.3 is 0 Å². The molecule has 0 aliphatic carbocycles. The van der Waals surface area contributed by atoms with Crippen LogP contribution in [0.4, 0.5) is 10.1 Å². The molecule has 0 fully saturated rings. The standard InChI is InChI=1S/C27H18ClFN2O3S/c1-15-25(35-26(30-15)16-8-3-2-4-9-16)23(32)21-22(19-12-5-6-13-20(19)29)31(27(34)24(21)33)18-11-7-10-17(28)14-18/h2-14,22,33H,1H3. The number of carbonyl (C=O) groups excluding carboxylic acids is 2. The molecule has 4 aromatic rings. The summed E-state index contributed by atoms with van der Waals surface area (Å²) in [4.78, 5) is 33.1. The summed E-state index contributed by atoms with van der Waals surface area (Å²) in [5.41, 5.74) is 1.51. The van der Waals surface area contributed by atoms with E-state index in [0.717, 1.165) is 16.9 Å². The van der Waals surface area contributed by atoms with E-state index < -0.39 is 29.3 Å². The van der Waals surface area contributed by atoms with Crippen LogP contribution in [0.3, 0.4) is 0 Å². The maximum absolute atomic E-state index is 15.0.